The van der Waals surface area contributed by atoms with E-state index in [4.69, 9.17) is 0 Å². The smallest absolute Gasteiger partial charge is 0.227 e. The van der Waals surface area contributed by atoms with Crippen molar-refractivity contribution in [2.24, 2.45) is 5.92 Å². The number of rotatable bonds is 7. The van der Waals surface area contributed by atoms with E-state index in [-0.39, 0.29) is 48.8 Å². The van der Waals surface area contributed by atoms with E-state index in [1.54, 1.807) is 17.3 Å². The van der Waals surface area contributed by atoms with Crippen LogP contribution in [0.4, 0.5) is 0 Å². The minimum atomic E-state index is -0.285. The summed E-state index contributed by atoms with van der Waals surface area (Å²) in [7, 11) is 0. The Kier molecular flexibility index (Phi) is 5.90. The molecule has 1 saturated heterocycles. The quantitative estimate of drug-likeness (QED) is 0.753. The molecular weight excluding hydrogens is 366 g/mol. The molecule has 0 spiro atoms. The van der Waals surface area contributed by atoms with Gasteiger partial charge in [0, 0.05) is 30.8 Å². The first-order valence-corrected chi connectivity index (χ1v) is 10.3. The van der Waals surface area contributed by atoms with E-state index >= 15 is 0 Å². The molecule has 1 aromatic carbocycles. The van der Waals surface area contributed by atoms with Crippen LogP contribution < -0.4 is 5.32 Å². The Bertz CT molecular complexity index is 839. The topological polar surface area (TPSA) is 82.5 Å². The van der Waals surface area contributed by atoms with Gasteiger partial charge in [-0.1, -0.05) is 42.8 Å². The summed E-state index contributed by atoms with van der Waals surface area (Å²) in [6.07, 6.45) is 6.60. The van der Waals surface area contributed by atoms with Gasteiger partial charge in [-0.25, -0.2) is 0 Å². The molecular formula is C23H27N3O3. The summed E-state index contributed by atoms with van der Waals surface area (Å²) in [5, 5.41) is 13.1. The van der Waals surface area contributed by atoms with E-state index in [0.717, 1.165) is 30.4 Å². The van der Waals surface area contributed by atoms with Crippen molar-refractivity contribution in [2.45, 2.75) is 43.7 Å². The maximum Gasteiger partial charge on any atom is 0.227 e. The number of aromatic nitrogens is 1. The number of likely N-dealkylation sites (tertiary alicyclic amines) is 1. The van der Waals surface area contributed by atoms with Crippen molar-refractivity contribution >= 4 is 11.8 Å². The monoisotopic (exact) mass is 393 g/mol. The molecule has 1 saturated carbocycles. The molecule has 6 heteroatoms. The highest BCUT2D eigenvalue weighted by Gasteiger charge is 2.50. The number of benzene rings is 1. The lowest BCUT2D eigenvalue weighted by atomic mass is 9.74. The lowest BCUT2D eigenvalue weighted by Crippen LogP contribution is -2.69. The Hall–Kier alpha value is -2.73. The van der Waals surface area contributed by atoms with Crippen molar-refractivity contribution in [3.63, 3.8) is 0 Å². The SMILES string of the molecule is O=C(NC[C@@H]1[C@@H](c2ccccc2)[C@H](CO)N1C(=O)Cc1cccnc1)C1CCC1. The van der Waals surface area contributed by atoms with Gasteiger partial charge in [0.2, 0.25) is 11.8 Å². The van der Waals surface area contributed by atoms with Gasteiger partial charge in [0.05, 0.1) is 25.1 Å². The summed E-state index contributed by atoms with van der Waals surface area (Å²) in [5.41, 5.74) is 1.93. The largest absolute Gasteiger partial charge is 0.394 e. The summed E-state index contributed by atoms with van der Waals surface area (Å²) in [5.74, 6) is 0.140. The fraction of sp³-hybridized carbons (Fsp3) is 0.435. The zero-order valence-electron chi connectivity index (χ0n) is 16.4. The van der Waals surface area contributed by atoms with Crippen LogP contribution in [0.3, 0.4) is 0 Å². The third kappa shape index (κ3) is 4.03. The maximum absolute atomic E-state index is 13.1. The Balaban J connectivity index is 1.52. The van der Waals surface area contributed by atoms with Crippen LogP contribution in [0.15, 0.2) is 54.9 Å². The maximum atomic E-state index is 13.1. The minimum Gasteiger partial charge on any atom is -0.394 e. The summed E-state index contributed by atoms with van der Waals surface area (Å²) in [6, 6.07) is 13.2. The second kappa shape index (κ2) is 8.74. The Morgan fingerprint density at radius 1 is 1.10 bits per heavy atom. The molecule has 2 heterocycles. The van der Waals surface area contributed by atoms with Crippen LogP contribution >= 0.6 is 0 Å². The molecule has 0 bridgehead atoms. The Morgan fingerprint density at radius 2 is 1.90 bits per heavy atom. The molecule has 2 N–H and O–H groups in total. The van der Waals surface area contributed by atoms with Gasteiger partial charge in [0.25, 0.3) is 0 Å². The number of carbonyl (C=O) groups excluding carboxylic acids is 2. The molecule has 6 nitrogen and oxygen atoms in total. The molecule has 1 aliphatic heterocycles. The van der Waals surface area contributed by atoms with Crippen molar-refractivity contribution in [3.8, 4) is 0 Å². The van der Waals surface area contributed by atoms with Crippen LogP contribution in [0.25, 0.3) is 0 Å². The van der Waals surface area contributed by atoms with Crippen molar-refractivity contribution in [1.29, 1.82) is 0 Å². The second-order valence-corrected chi connectivity index (χ2v) is 7.97. The summed E-state index contributed by atoms with van der Waals surface area (Å²) in [4.78, 5) is 31.3. The number of carbonyl (C=O) groups is 2. The Labute approximate surface area is 171 Å². The number of hydrogen-bond acceptors (Lipinski definition) is 4. The van der Waals surface area contributed by atoms with Crippen molar-refractivity contribution < 1.29 is 14.7 Å². The van der Waals surface area contributed by atoms with Crippen molar-refractivity contribution in [3.05, 3.63) is 66.0 Å². The van der Waals surface area contributed by atoms with Gasteiger partial charge in [-0.05, 0) is 30.0 Å². The third-order valence-corrected chi connectivity index (χ3v) is 6.24. The highest BCUT2D eigenvalue weighted by atomic mass is 16.3. The van der Waals surface area contributed by atoms with Crippen LogP contribution in [0, 0.1) is 5.92 Å². The van der Waals surface area contributed by atoms with Crippen molar-refractivity contribution in [1.82, 2.24) is 15.2 Å². The van der Waals surface area contributed by atoms with Crippen molar-refractivity contribution in [2.75, 3.05) is 13.2 Å². The summed E-state index contributed by atoms with van der Waals surface area (Å²) < 4.78 is 0. The second-order valence-electron chi connectivity index (χ2n) is 7.97. The normalized spacial score (nSPS) is 23.8. The fourth-order valence-corrected chi connectivity index (χ4v) is 4.45. The zero-order valence-corrected chi connectivity index (χ0v) is 16.4. The van der Waals surface area contributed by atoms with Gasteiger partial charge in [-0.15, -0.1) is 0 Å². The van der Waals surface area contributed by atoms with Crippen LogP contribution in [-0.2, 0) is 16.0 Å². The molecule has 0 unspecified atom stereocenters. The highest BCUT2D eigenvalue weighted by Crippen LogP contribution is 2.41. The molecule has 2 fully saturated rings. The van der Waals surface area contributed by atoms with E-state index in [9.17, 15) is 14.7 Å². The van der Waals surface area contributed by atoms with Crippen LogP contribution in [0.5, 0.6) is 0 Å². The van der Waals surface area contributed by atoms with Gasteiger partial charge >= 0.3 is 0 Å². The van der Waals surface area contributed by atoms with Gasteiger partial charge in [-0.2, -0.15) is 0 Å². The first kappa shape index (κ1) is 19.6. The number of pyridine rings is 1. The number of aliphatic hydroxyl groups excluding tert-OH is 1. The third-order valence-electron chi connectivity index (χ3n) is 6.24. The van der Waals surface area contributed by atoms with E-state index in [0.29, 0.717) is 6.54 Å². The van der Waals surface area contributed by atoms with E-state index in [1.807, 2.05) is 42.5 Å². The number of hydrogen-bond donors (Lipinski definition) is 2. The lowest BCUT2D eigenvalue weighted by Gasteiger charge is -2.55. The molecule has 3 atom stereocenters. The van der Waals surface area contributed by atoms with Gasteiger partial charge in [0.15, 0.2) is 0 Å². The number of nitrogens with zero attached hydrogens (tertiary/aromatic N) is 2. The molecule has 2 aromatic rings. The summed E-state index contributed by atoms with van der Waals surface area (Å²) >= 11 is 0. The van der Waals surface area contributed by atoms with Gasteiger partial charge in [-0.3, -0.25) is 14.6 Å². The standard InChI is InChI=1S/C23H27N3O3/c27-15-20-22(17-7-2-1-3-8-17)19(14-25-23(29)18-9-4-10-18)26(20)21(28)12-16-6-5-11-24-13-16/h1-3,5-8,11,13,18-20,22,27H,4,9-10,12,14-15H2,(H,25,29)/t19-,20+,22-/m1/s1. The molecule has 4 rings (SSSR count). The number of aliphatic hydroxyl groups is 1. The van der Waals surface area contributed by atoms with E-state index < -0.39 is 0 Å². The molecule has 0 radical (unpaired) electrons. The predicted octanol–water partition coefficient (Wildman–Crippen LogP) is 1.90. The predicted molar refractivity (Wildman–Crippen MR) is 109 cm³/mol. The highest BCUT2D eigenvalue weighted by molar-refractivity contribution is 5.82. The van der Waals surface area contributed by atoms with Crippen LogP contribution in [0.1, 0.15) is 36.3 Å². The average Bonchev–Trinajstić information content (AvgIpc) is 2.67. The molecule has 1 aromatic heterocycles. The summed E-state index contributed by atoms with van der Waals surface area (Å²) in [6.45, 7) is 0.301. The Morgan fingerprint density at radius 3 is 2.52 bits per heavy atom. The fourth-order valence-electron chi connectivity index (χ4n) is 4.45. The molecule has 1 aliphatic carbocycles. The van der Waals surface area contributed by atoms with Crippen LogP contribution in [0.2, 0.25) is 0 Å². The van der Waals surface area contributed by atoms with E-state index in [2.05, 4.69) is 10.3 Å². The first-order valence-electron chi connectivity index (χ1n) is 10.3. The first-order chi connectivity index (χ1) is 14.2. The number of amides is 2. The average molecular weight is 393 g/mol. The number of nitrogens with one attached hydrogen (secondary N) is 1. The van der Waals surface area contributed by atoms with Gasteiger partial charge in [0.1, 0.15) is 0 Å². The zero-order chi connectivity index (χ0) is 20.2. The molecule has 2 amide bonds. The molecule has 29 heavy (non-hydrogen) atoms. The minimum absolute atomic E-state index is 0.000684. The molecule has 152 valence electrons. The van der Waals surface area contributed by atoms with Gasteiger partial charge < -0.3 is 15.3 Å². The van der Waals surface area contributed by atoms with E-state index in [1.165, 1.54) is 0 Å². The lowest BCUT2D eigenvalue weighted by molar-refractivity contribution is -0.150. The molecule has 2 aliphatic rings. The van der Waals surface area contributed by atoms with Crippen LogP contribution in [-0.4, -0.2) is 52.0 Å².